The zero-order valence-corrected chi connectivity index (χ0v) is 17.1. The first kappa shape index (κ1) is 19.2. The minimum Gasteiger partial charge on any atom is -0.477 e. The van der Waals surface area contributed by atoms with Gasteiger partial charge in [0.1, 0.15) is 5.69 Å². The highest BCUT2D eigenvalue weighted by molar-refractivity contribution is 5.94. The van der Waals surface area contributed by atoms with Gasteiger partial charge in [0.2, 0.25) is 0 Å². The van der Waals surface area contributed by atoms with E-state index in [4.69, 9.17) is 5.11 Å². The number of carboxylic acids is 1. The van der Waals surface area contributed by atoms with Gasteiger partial charge in [0.15, 0.2) is 0 Å². The van der Waals surface area contributed by atoms with Crippen molar-refractivity contribution >= 4 is 33.2 Å². The van der Waals surface area contributed by atoms with Gasteiger partial charge in [-0.15, -0.1) is 0 Å². The number of hydrogen-bond donors (Lipinski definition) is 1. The third-order valence-corrected chi connectivity index (χ3v) is 5.99. The van der Waals surface area contributed by atoms with Crippen LogP contribution < -0.4 is 0 Å². The molecule has 2 aliphatic rings. The summed E-state index contributed by atoms with van der Waals surface area (Å²) < 4.78 is 0. The molecule has 152 valence electrons. The largest absolute Gasteiger partial charge is 0.477 e. The summed E-state index contributed by atoms with van der Waals surface area (Å²) in [6.45, 7) is 0. The molecule has 0 amide bonds. The Hall–Kier alpha value is -3.79. The average Bonchev–Trinajstić information content (AvgIpc) is 2.83. The van der Waals surface area contributed by atoms with E-state index in [1.807, 2.05) is 6.07 Å². The van der Waals surface area contributed by atoms with Crippen LogP contribution in [0.15, 0.2) is 84.7 Å². The number of aryl methyl sites for hydroxylation is 1. The summed E-state index contributed by atoms with van der Waals surface area (Å²) in [5.41, 5.74) is 6.87. The Bertz CT molecular complexity index is 1370. The number of pyridine rings is 2. The van der Waals surface area contributed by atoms with Crippen molar-refractivity contribution < 1.29 is 9.90 Å². The van der Waals surface area contributed by atoms with Crippen molar-refractivity contribution in [3.05, 3.63) is 102 Å². The van der Waals surface area contributed by atoms with Crippen molar-refractivity contribution in [1.29, 1.82) is 0 Å². The van der Waals surface area contributed by atoms with Gasteiger partial charge in [-0.25, -0.2) is 9.78 Å². The van der Waals surface area contributed by atoms with E-state index >= 15 is 0 Å². The van der Waals surface area contributed by atoms with E-state index < -0.39 is 5.97 Å². The third kappa shape index (κ3) is 3.73. The number of carboxylic acid groups (broad SMARTS) is 1. The second-order valence-electron chi connectivity index (χ2n) is 7.84. The first-order valence-electron chi connectivity index (χ1n) is 10.5. The van der Waals surface area contributed by atoms with E-state index in [2.05, 4.69) is 58.5 Å². The van der Waals surface area contributed by atoms with Crippen molar-refractivity contribution in [2.45, 2.75) is 25.7 Å². The fourth-order valence-corrected chi connectivity index (χ4v) is 4.47. The molecular weight excluding hydrogens is 384 g/mol. The third-order valence-electron chi connectivity index (χ3n) is 5.99. The molecular formula is C27H22N2O2. The van der Waals surface area contributed by atoms with E-state index in [1.165, 1.54) is 59.9 Å². The molecule has 4 aromatic rings. The summed E-state index contributed by atoms with van der Waals surface area (Å²) >= 11 is 0. The first-order chi connectivity index (χ1) is 15.2. The highest BCUT2D eigenvalue weighted by Gasteiger charge is 2.20. The van der Waals surface area contributed by atoms with E-state index in [0.29, 0.717) is 5.52 Å². The minimum atomic E-state index is -1.03. The molecule has 0 radical (unpaired) electrons. The molecule has 0 atom stereocenters. The Labute approximate surface area is 180 Å². The van der Waals surface area contributed by atoms with Crippen LogP contribution in [-0.4, -0.2) is 21.0 Å². The molecule has 0 spiro atoms. The number of nitrogens with zero attached hydrogens (tertiary/aromatic N) is 2. The molecule has 0 aliphatic heterocycles. The summed E-state index contributed by atoms with van der Waals surface area (Å²) in [5.74, 6) is -1.03. The quantitative estimate of drug-likeness (QED) is 0.408. The van der Waals surface area contributed by atoms with Crippen molar-refractivity contribution in [1.82, 2.24) is 9.97 Å². The number of aromatic nitrogens is 2. The van der Waals surface area contributed by atoms with Gasteiger partial charge in [0.25, 0.3) is 0 Å². The van der Waals surface area contributed by atoms with Gasteiger partial charge in [-0.3, -0.25) is 4.98 Å². The van der Waals surface area contributed by atoms with Crippen LogP contribution >= 0.6 is 0 Å². The lowest BCUT2D eigenvalue weighted by molar-refractivity contribution is 0.0690. The number of rotatable bonds is 1. The molecule has 0 saturated heterocycles. The highest BCUT2D eigenvalue weighted by Crippen LogP contribution is 2.39. The smallest absolute Gasteiger partial charge is 0.354 e. The average molecular weight is 406 g/mol. The molecule has 0 saturated carbocycles. The van der Waals surface area contributed by atoms with Crippen LogP contribution in [0.3, 0.4) is 0 Å². The van der Waals surface area contributed by atoms with Crippen molar-refractivity contribution in [3.8, 4) is 0 Å². The second-order valence-corrected chi connectivity index (χ2v) is 7.84. The van der Waals surface area contributed by atoms with E-state index in [0.717, 1.165) is 5.39 Å². The Morgan fingerprint density at radius 3 is 2.68 bits per heavy atom. The lowest BCUT2D eigenvalue weighted by atomic mass is 9.80. The number of allylic oxidation sites excluding steroid dienone is 4. The molecule has 4 nitrogen and oxygen atoms in total. The fourth-order valence-electron chi connectivity index (χ4n) is 4.47. The Morgan fingerprint density at radius 2 is 1.77 bits per heavy atom. The highest BCUT2D eigenvalue weighted by atomic mass is 16.4. The molecule has 0 fully saturated rings. The number of aromatic carboxylic acids is 1. The second kappa shape index (κ2) is 8.15. The minimum absolute atomic E-state index is 0.0196. The van der Waals surface area contributed by atoms with Gasteiger partial charge in [-0.1, -0.05) is 54.1 Å². The Kier molecular flexibility index (Phi) is 5.04. The van der Waals surface area contributed by atoms with Crippen molar-refractivity contribution in [3.63, 3.8) is 0 Å². The Balaban J connectivity index is 0.000000140. The van der Waals surface area contributed by atoms with E-state index in [-0.39, 0.29) is 5.69 Å². The van der Waals surface area contributed by atoms with Gasteiger partial charge >= 0.3 is 5.97 Å². The van der Waals surface area contributed by atoms with Crippen LogP contribution in [0.1, 0.15) is 40.9 Å². The summed E-state index contributed by atoms with van der Waals surface area (Å²) in [4.78, 5) is 18.3. The molecule has 2 heterocycles. The number of carbonyl (C=O) groups is 1. The summed E-state index contributed by atoms with van der Waals surface area (Å²) in [7, 11) is 0. The van der Waals surface area contributed by atoms with Gasteiger partial charge < -0.3 is 5.11 Å². The molecule has 0 unspecified atom stereocenters. The monoisotopic (exact) mass is 406 g/mol. The maximum atomic E-state index is 10.6. The fraction of sp³-hybridized carbons (Fsp3) is 0.148. The zero-order chi connectivity index (χ0) is 21.2. The van der Waals surface area contributed by atoms with E-state index in [1.54, 1.807) is 23.4 Å². The summed E-state index contributed by atoms with van der Waals surface area (Å²) in [5, 5.41) is 12.3. The molecule has 4 heteroatoms. The van der Waals surface area contributed by atoms with Crippen LogP contribution in [0.4, 0.5) is 0 Å². The lowest BCUT2D eigenvalue weighted by Crippen LogP contribution is -2.06. The van der Waals surface area contributed by atoms with Gasteiger partial charge in [-0.2, -0.15) is 0 Å². The summed E-state index contributed by atoms with van der Waals surface area (Å²) in [6.07, 6.45) is 12.7. The van der Waals surface area contributed by atoms with Crippen LogP contribution in [0.25, 0.3) is 27.2 Å². The topological polar surface area (TPSA) is 63.1 Å². The van der Waals surface area contributed by atoms with Gasteiger partial charge in [0, 0.05) is 17.8 Å². The predicted molar refractivity (Wildman–Crippen MR) is 124 cm³/mol. The molecule has 2 aromatic heterocycles. The van der Waals surface area contributed by atoms with Crippen LogP contribution in [0, 0.1) is 0 Å². The van der Waals surface area contributed by atoms with Crippen molar-refractivity contribution in [2.24, 2.45) is 0 Å². The maximum Gasteiger partial charge on any atom is 0.354 e. The molecule has 31 heavy (non-hydrogen) atoms. The van der Waals surface area contributed by atoms with Crippen LogP contribution in [0.5, 0.6) is 0 Å². The number of fused-ring (bicyclic) bond motifs is 5. The predicted octanol–water partition coefficient (Wildman–Crippen LogP) is 6.22. The molecule has 0 bridgehead atoms. The number of hydrogen-bond acceptors (Lipinski definition) is 3. The van der Waals surface area contributed by atoms with Crippen LogP contribution in [0.2, 0.25) is 0 Å². The normalized spacial score (nSPS) is 14.6. The Morgan fingerprint density at radius 1 is 0.903 bits per heavy atom. The molecule has 2 aromatic carbocycles. The standard InChI is InChI=1S/C18H16.C9H6N2O2/c1-3-7-15-13(5-1)9-11-18-16-8-4-2-6-14(16)10-12-17(15)18;12-9(13)8-4-7-6(5-11-8)2-1-3-10-7/h1,3-5,7-9,11H,2,6,10,12H2;1-5H,(H,12,13). The molecule has 6 rings (SSSR count). The zero-order valence-electron chi connectivity index (χ0n) is 17.1. The maximum absolute atomic E-state index is 10.6. The van der Waals surface area contributed by atoms with E-state index in [9.17, 15) is 4.79 Å². The van der Waals surface area contributed by atoms with Gasteiger partial charge in [0.05, 0.1) is 5.52 Å². The SMILES string of the molecule is C1=CC2=C(CC1)CCc1c2ccc2ccccc12.O=C(O)c1cc2ncccc2cn1. The lowest BCUT2D eigenvalue weighted by Gasteiger charge is -2.25. The summed E-state index contributed by atoms with van der Waals surface area (Å²) in [6, 6.07) is 18.4. The number of benzene rings is 2. The van der Waals surface area contributed by atoms with Crippen LogP contribution in [-0.2, 0) is 6.42 Å². The molecule has 1 N–H and O–H groups in total. The first-order valence-corrected chi connectivity index (χ1v) is 10.5. The van der Waals surface area contributed by atoms with Crippen molar-refractivity contribution in [2.75, 3.05) is 0 Å². The van der Waals surface area contributed by atoms with Gasteiger partial charge in [-0.05, 0) is 71.4 Å². The molecule has 2 aliphatic carbocycles.